The highest BCUT2D eigenvalue weighted by Gasteiger charge is 2.33. The second kappa shape index (κ2) is 9.00. The van der Waals surface area contributed by atoms with Crippen molar-refractivity contribution >= 4 is 29.9 Å². The number of nitrogens with two attached hydrogens (primary N) is 1. The highest BCUT2D eigenvalue weighted by atomic mass is 127. The van der Waals surface area contributed by atoms with Crippen molar-refractivity contribution in [3.8, 4) is 0 Å². The Morgan fingerprint density at radius 1 is 1.32 bits per heavy atom. The molecule has 0 saturated heterocycles. The highest BCUT2D eigenvalue weighted by molar-refractivity contribution is 14.0. The lowest BCUT2D eigenvalue weighted by Gasteiger charge is -2.35. The van der Waals surface area contributed by atoms with Crippen LogP contribution in [-0.2, 0) is 0 Å². The van der Waals surface area contributed by atoms with Gasteiger partial charge in [0.1, 0.15) is 0 Å². The molecule has 19 heavy (non-hydrogen) atoms. The minimum atomic E-state index is -0.576. The van der Waals surface area contributed by atoms with Gasteiger partial charge >= 0.3 is 0 Å². The molecule has 4 nitrogen and oxygen atoms in total. The topological polar surface area (TPSA) is 70.6 Å². The number of nitrogens with zero attached hydrogens (tertiary/aromatic N) is 1. The zero-order valence-corrected chi connectivity index (χ0v) is 14.8. The van der Waals surface area contributed by atoms with Gasteiger partial charge in [0.2, 0.25) is 0 Å². The average Bonchev–Trinajstić information content (AvgIpc) is 2.23. The van der Waals surface area contributed by atoms with Crippen molar-refractivity contribution in [1.82, 2.24) is 5.32 Å². The van der Waals surface area contributed by atoms with E-state index in [0.717, 1.165) is 31.6 Å². The molecular weight excluding hydrogens is 353 g/mol. The summed E-state index contributed by atoms with van der Waals surface area (Å²) < 4.78 is 0. The fraction of sp³-hybridized carbons (Fsp3) is 0.929. The van der Waals surface area contributed by atoms with E-state index >= 15 is 0 Å². The first kappa shape index (κ1) is 19.0. The number of hydrogen-bond donors (Lipinski definition) is 3. The second-order valence-corrected chi connectivity index (χ2v) is 6.15. The van der Waals surface area contributed by atoms with Gasteiger partial charge < -0.3 is 16.2 Å². The summed E-state index contributed by atoms with van der Waals surface area (Å²) in [5, 5.41) is 13.1. The predicted molar refractivity (Wildman–Crippen MR) is 92.0 cm³/mol. The summed E-state index contributed by atoms with van der Waals surface area (Å²) in [5.41, 5.74) is 5.24. The molecule has 0 heterocycles. The van der Waals surface area contributed by atoms with Crippen molar-refractivity contribution in [2.75, 3.05) is 6.54 Å². The van der Waals surface area contributed by atoms with Crippen LogP contribution in [0, 0.1) is 5.92 Å². The van der Waals surface area contributed by atoms with Gasteiger partial charge in [-0.25, -0.2) is 0 Å². The SMILES string of the molecule is CC(C)CCCC(C)NC(N)=NCC1(O)CCC1.I. The Labute approximate surface area is 134 Å². The summed E-state index contributed by atoms with van der Waals surface area (Å²) in [6.45, 7) is 7.05. The molecule has 114 valence electrons. The van der Waals surface area contributed by atoms with Gasteiger partial charge in [-0.15, -0.1) is 24.0 Å². The van der Waals surface area contributed by atoms with Crippen molar-refractivity contribution in [3.63, 3.8) is 0 Å². The largest absolute Gasteiger partial charge is 0.388 e. The van der Waals surface area contributed by atoms with Crippen LogP contribution in [0.25, 0.3) is 0 Å². The lowest BCUT2D eigenvalue weighted by atomic mass is 9.80. The van der Waals surface area contributed by atoms with Crippen LogP contribution in [0.2, 0.25) is 0 Å². The number of aliphatic imine (C=N–C) groups is 1. The summed E-state index contributed by atoms with van der Waals surface area (Å²) in [6.07, 6.45) is 6.39. The Bertz CT molecular complexity index is 278. The summed E-state index contributed by atoms with van der Waals surface area (Å²) in [6, 6.07) is 0.350. The molecule has 0 spiro atoms. The zero-order valence-electron chi connectivity index (χ0n) is 12.5. The van der Waals surface area contributed by atoms with E-state index in [-0.39, 0.29) is 24.0 Å². The van der Waals surface area contributed by atoms with E-state index in [0.29, 0.717) is 18.5 Å². The third-order valence-electron chi connectivity index (χ3n) is 3.64. The fourth-order valence-corrected chi connectivity index (χ4v) is 2.18. The molecule has 0 aliphatic heterocycles. The van der Waals surface area contributed by atoms with Gasteiger partial charge in [0.15, 0.2) is 5.96 Å². The standard InChI is InChI=1S/C14H29N3O.HI/c1-11(2)6-4-7-12(3)17-13(15)16-10-14(18)8-5-9-14;/h11-12,18H,4-10H2,1-3H3,(H3,15,16,17);1H. The predicted octanol–water partition coefficient (Wildman–Crippen LogP) is 2.64. The highest BCUT2D eigenvalue weighted by Crippen LogP contribution is 2.31. The van der Waals surface area contributed by atoms with Gasteiger partial charge in [-0.3, -0.25) is 4.99 Å². The normalized spacial score (nSPS) is 19.5. The first-order valence-electron chi connectivity index (χ1n) is 7.20. The van der Waals surface area contributed by atoms with Crippen LogP contribution >= 0.6 is 24.0 Å². The molecule has 0 aromatic rings. The molecule has 4 N–H and O–H groups in total. The van der Waals surface area contributed by atoms with Crippen LogP contribution in [0.4, 0.5) is 0 Å². The van der Waals surface area contributed by atoms with Crippen molar-refractivity contribution < 1.29 is 5.11 Å². The molecule has 5 heteroatoms. The average molecular weight is 383 g/mol. The molecule has 0 aromatic carbocycles. The van der Waals surface area contributed by atoms with Crippen LogP contribution in [0.15, 0.2) is 4.99 Å². The van der Waals surface area contributed by atoms with Crippen LogP contribution < -0.4 is 11.1 Å². The van der Waals surface area contributed by atoms with Crippen molar-refractivity contribution in [2.24, 2.45) is 16.6 Å². The third-order valence-corrected chi connectivity index (χ3v) is 3.64. The van der Waals surface area contributed by atoms with E-state index in [1.54, 1.807) is 0 Å². The van der Waals surface area contributed by atoms with Gasteiger partial charge in [-0.2, -0.15) is 0 Å². The van der Waals surface area contributed by atoms with Gasteiger partial charge in [0, 0.05) is 6.04 Å². The molecule has 1 aliphatic rings. The van der Waals surface area contributed by atoms with Crippen molar-refractivity contribution in [2.45, 2.75) is 70.9 Å². The molecule has 0 aromatic heterocycles. The van der Waals surface area contributed by atoms with Crippen LogP contribution in [-0.4, -0.2) is 29.3 Å². The van der Waals surface area contributed by atoms with Gasteiger partial charge in [-0.05, 0) is 38.5 Å². The van der Waals surface area contributed by atoms with Crippen molar-refractivity contribution in [3.05, 3.63) is 0 Å². The molecule has 1 rings (SSSR count). The molecule has 0 radical (unpaired) electrons. The monoisotopic (exact) mass is 383 g/mol. The summed E-state index contributed by atoms with van der Waals surface area (Å²) in [5.74, 6) is 1.23. The molecule has 1 aliphatic carbocycles. The van der Waals surface area contributed by atoms with Crippen molar-refractivity contribution in [1.29, 1.82) is 0 Å². The van der Waals surface area contributed by atoms with Crippen LogP contribution in [0.5, 0.6) is 0 Å². The minimum Gasteiger partial charge on any atom is -0.388 e. The first-order chi connectivity index (χ1) is 8.41. The van der Waals surface area contributed by atoms with E-state index in [1.165, 1.54) is 12.8 Å². The maximum atomic E-state index is 9.91. The summed E-state index contributed by atoms with van der Waals surface area (Å²) >= 11 is 0. The zero-order chi connectivity index (χ0) is 13.6. The van der Waals surface area contributed by atoms with E-state index in [2.05, 4.69) is 31.1 Å². The molecule has 1 unspecified atom stereocenters. The quantitative estimate of drug-likeness (QED) is 0.360. The van der Waals surface area contributed by atoms with Gasteiger partial charge in [0.05, 0.1) is 12.1 Å². The molecule has 0 bridgehead atoms. The van der Waals surface area contributed by atoms with Gasteiger partial charge in [0.25, 0.3) is 0 Å². The summed E-state index contributed by atoms with van der Waals surface area (Å²) in [4.78, 5) is 4.23. The first-order valence-corrected chi connectivity index (χ1v) is 7.20. The second-order valence-electron chi connectivity index (χ2n) is 6.15. The maximum Gasteiger partial charge on any atom is 0.188 e. The number of halogens is 1. The fourth-order valence-electron chi connectivity index (χ4n) is 2.18. The molecule has 1 fully saturated rings. The molecule has 1 atom stereocenters. The Balaban J connectivity index is 0.00000324. The van der Waals surface area contributed by atoms with E-state index in [4.69, 9.17) is 5.73 Å². The Kier molecular flexibility index (Phi) is 8.98. The smallest absolute Gasteiger partial charge is 0.188 e. The number of nitrogens with one attached hydrogen (secondary N) is 1. The number of hydrogen-bond acceptors (Lipinski definition) is 2. The van der Waals surface area contributed by atoms with Gasteiger partial charge in [-0.1, -0.05) is 26.7 Å². The third kappa shape index (κ3) is 7.97. The Morgan fingerprint density at radius 3 is 2.42 bits per heavy atom. The van der Waals surface area contributed by atoms with E-state index in [9.17, 15) is 5.11 Å². The number of guanidine groups is 1. The lowest BCUT2D eigenvalue weighted by Crippen LogP contribution is -2.43. The number of aliphatic hydroxyl groups is 1. The van der Waals surface area contributed by atoms with E-state index in [1.807, 2.05) is 0 Å². The molecule has 0 amide bonds. The molecular formula is C14H30IN3O. The van der Waals surface area contributed by atoms with E-state index < -0.39 is 5.60 Å². The Hall–Kier alpha value is -0.0400. The maximum absolute atomic E-state index is 9.91. The summed E-state index contributed by atoms with van der Waals surface area (Å²) in [7, 11) is 0. The lowest BCUT2D eigenvalue weighted by molar-refractivity contribution is -0.0235. The minimum absolute atomic E-state index is 0. The van der Waals surface area contributed by atoms with Crippen LogP contribution in [0.3, 0.4) is 0 Å². The molecule has 1 saturated carbocycles. The van der Waals surface area contributed by atoms with Crippen LogP contribution in [0.1, 0.15) is 59.3 Å². The Morgan fingerprint density at radius 2 is 1.95 bits per heavy atom. The number of rotatable bonds is 7.